The molecule has 5 nitrogen and oxygen atoms in total. The zero-order valence-electron chi connectivity index (χ0n) is 20.5. The van der Waals surface area contributed by atoms with Gasteiger partial charge in [-0.05, 0) is 49.1 Å². The molecule has 3 rings (SSSR count). The molecule has 0 radical (unpaired) electrons. The van der Waals surface area contributed by atoms with Crippen LogP contribution in [0.3, 0.4) is 0 Å². The summed E-state index contributed by atoms with van der Waals surface area (Å²) >= 11 is 0. The molecule has 0 saturated carbocycles. The van der Waals surface area contributed by atoms with E-state index in [0.717, 1.165) is 42.6 Å². The number of unbranched alkanes of at least 4 members (excludes halogenated alkanes) is 10. The molecule has 5 heteroatoms. The first-order valence-corrected chi connectivity index (χ1v) is 12.8. The van der Waals surface area contributed by atoms with Crippen LogP contribution < -0.4 is 9.47 Å². The molecule has 0 unspecified atom stereocenters. The lowest BCUT2D eigenvalue weighted by atomic mass is 9.92. The number of allylic oxidation sites excluding steroid dienone is 1. The fourth-order valence-electron chi connectivity index (χ4n) is 4.59. The predicted octanol–water partition coefficient (Wildman–Crippen LogP) is 7.13. The Balaban J connectivity index is 1.52. The topological polar surface area (TPSA) is 79.2 Å². The number of phenols is 2. The number of ether oxygens (including phenoxy) is 2. The monoisotopic (exact) mass is 468 g/mol. The number of aliphatic hydroxyl groups is 1. The third kappa shape index (κ3) is 7.69. The molecule has 34 heavy (non-hydrogen) atoms. The van der Waals surface area contributed by atoms with Crippen LogP contribution in [-0.4, -0.2) is 29.0 Å². The van der Waals surface area contributed by atoms with Gasteiger partial charge in [0.15, 0.2) is 0 Å². The first kappa shape index (κ1) is 26.0. The first-order valence-electron chi connectivity index (χ1n) is 12.8. The highest BCUT2D eigenvalue weighted by molar-refractivity contribution is 5.71. The van der Waals surface area contributed by atoms with E-state index in [2.05, 4.69) is 0 Å². The van der Waals surface area contributed by atoms with Crippen LogP contribution >= 0.6 is 0 Å². The summed E-state index contributed by atoms with van der Waals surface area (Å²) in [5.41, 5.74) is 2.92. The minimum atomic E-state index is 0.202. The highest BCUT2D eigenvalue weighted by Gasteiger charge is 2.24. The Kier molecular flexibility index (Phi) is 10.6. The van der Waals surface area contributed by atoms with Crippen molar-refractivity contribution in [2.45, 2.75) is 83.5 Å². The standard InChI is InChI=1S/C29H40O5/c1-33-25-20-27(32)26-19-23(13-11-9-7-5-3-2-4-6-8-10-12-18-30)29(34-28(26)21-25)22-14-16-24(31)17-15-22/h14-17,20-21,30-32H,2-13,18-19H2,1H3. The van der Waals surface area contributed by atoms with Crippen LogP contribution in [0, 0.1) is 0 Å². The fraction of sp³-hybridized carbons (Fsp3) is 0.517. The second kappa shape index (κ2) is 13.9. The molecule has 1 aliphatic rings. The van der Waals surface area contributed by atoms with Gasteiger partial charge in [0.2, 0.25) is 0 Å². The number of hydrogen-bond donors (Lipinski definition) is 3. The molecule has 0 spiro atoms. The Hall–Kier alpha value is -2.66. The molecule has 0 atom stereocenters. The maximum absolute atomic E-state index is 10.5. The third-order valence-electron chi connectivity index (χ3n) is 6.58. The number of rotatable bonds is 15. The van der Waals surface area contributed by atoms with Crippen LogP contribution in [0.1, 0.15) is 88.2 Å². The normalized spacial score (nSPS) is 13.0. The summed E-state index contributed by atoms with van der Waals surface area (Å²) in [5, 5.41) is 29.0. The first-order chi connectivity index (χ1) is 16.6. The Morgan fingerprint density at radius 2 is 1.38 bits per heavy atom. The highest BCUT2D eigenvalue weighted by atomic mass is 16.5. The molecular formula is C29H40O5. The second-order valence-electron chi connectivity index (χ2n) is 9.24. The lowest BCUT2D eigenvalue weighted by Gasteiger charge is -2.25. The molecular weight excluding hydrogens is 428 g/mol. The highest BCUT2D eigenvalue weighted by Crippen LogP contribution is 2.43. The van der Waals surface area contributed by atoms with E-state index in [0.29, 0.717) is 24.5 Å². The van der Waals surface area contributed by atoms with Crippen molar-refractivity contribution in [3.8, 4) is 23.0 Å². The maximum Gasteiger partial charge on any atom is 0.138 e. The van der Waals surface area contributed by atoms with E-state index in [1.165, 1.54) is 56.9 Å². The molecule has 186 valence electrons. The largest absolute Gasteiger partial charge is 0.508 e. The number of aliphatic hydroxyl groups excluding tert-OH is 1. The van der Waals surface area contributed by atoms with Crippen LogP contribution in [0.5, 0.6) is 23.0 Å². The average Bonchev–Trinajstić information content (AvgIpc) is 2.85. The number of phenolic OH excluding ortho intramolecular Hbond substituents is 2. The molecule has 0 amide bonds. The van der Waals surface area contributed by atoms with Crippen LogP contribution in [0.15, 0.2) is 42.0 Å². The van der Waals surface area contributed by atoms with Crippen molar-refractivity contribution in [3.05, 3.63) is 53.1 Å². The van der Waals surface area contributed by atoms with E-state index >= 15 is 0 Å². The lowest BCUT2D eigenvalue weighted by Crippen LogP contribution is -2.10. The van der Waals surface area contributed by atoms with Crippen molar-refractivity contribution >= 4 is 5.76 Å². The Morgan fingerprint density at radius 1 is 0.794 bits per heavy atom. The van der Waals surface area contributed by atoms with Crippen LogP contribution in [0.4, 0.5) is 0 Å². The molecule has 1 heterocycles. The van der Waals surface area contributed by atoms with E-state index in [4.69, 9.17) is 14.6 Å². The average molecular weight is 469 g/mol. The van der Waals surface area contributed by atoms with E-state index in [9.17, 15) is 10.2 Å². The smallest absolute Gasteiger partial charge is 0.138 e. The van der Waals surface area contributed by atoms with Gasteiger partial charge in [-0.15, -0.1) is 0 Å². The van der Waals surface area contributed by atoms with Crippen LogP contribution in [0.2, 0.25) is 0 Å². The van der Waals surface area contributed by atoms with Gasteiger partial charge in [-0.3, -0.25) is 0 Å². The fourth-order valence-corrected chi connectivity index (χ4v) is 4.59. The molecule has 3 N–H and O–H groups in total. The van der Waals surface area contributed by atoms with Crippen molar-refractivity contribution in [1.29, 1.82) is 0 Å². The van der Waals surface area contributed by atoms with Gasteiger partial charge in [0.25, 0.3) is 0 Å². The Morgan fingerprint density at radius 3 is 1.97 bits per heavy atom. The minimum Gasteiger partial charge on any atom is -0.508 e. The number of fused-ring (bicyclic) bond motifs is 1. The number of benzene rings is 2. The summed E-state index contributed by atoms with van der Waals surface area (Å²) in [7, 11) is 1.57. The van der Waals surface area contributed by atoms with Crippen LogP contribution in [-0.2, 0) is 6.42 Å². The molecule has 0 saturated heterocycles. The van der Waals surface area contributed by atoms with E-state index < -0.39 is 0 Å². The summed E-state index contributed by atoms with van der Waals surface area (Å²) < 4.78 is 11.6. The molecule has 0 aromatic heterocycles. The minimum absolute atomic E-state index is 0.202. The van der Waals surface area contributed by atoms with Gasteiger partial charge in [-0.25, -0.2) is 0 Å². The number of methoxy groups -OCH3 is 1. The van der Waals surface area contributed by atoms with Gasteiger partial charge in [-0.2, -0.15) is 0 Å². The van der Waals surface area contributed by atoms with Crippen LogP contribution in [0.25, 0.3) is 5.76 Å². The second-order valence-corrected chi connectivity index (χ2v) is 9.24. The molecule has 0 aliphatic carbocycles. The van der Waals surface area contributed by atoms with Gasteiger partial charge in [0.1, 0.15) is 28.8 Å². The zero-order valence-corrected chi connectivity index (χ0v) is 20.5. The van der Waals surface area contributed by atoms with Crippen molar-refractivity contribution in [1.82, 2.24) is 0 Å². The van der Waals surface area contributed by atoms with Crippen molar-refractivity contribution in [2.24, 2.45) is 0 Å². The lowest BCUT2D eigenvalue weighted by molar-refractivity contribution is 0.282. The zero-order chi connectivity index (χ0) is 24.2. The number of hydrogen-bond acceptors (Lipinski definition) is 5. The summed E-state index contributed by atoms with van der Waals surface area (Å²) in [6.07, 6.45) is 14.9. The molecule has 2 aromatic carbocycles. The van der Waals surface area contributed by atoms with Crippen molar-refractivity contribution in [2.75, 3.05) is 13.7 Å². The van der Waals surface area contributed by atoms with Gasteiger partial charge in [0, 0.05) is 36.3 Å². The van der Waals surface area contributed by atoms with Crippen molar-refractivity contribution < 1.29 is 24.8 Å². The summed E-state index contributed by atoms with van der Waals surface area (Å²) in [5.74, 6) is 2.44. The summed E-state index contributed by atoms with van der Waals surface area (Å²) in [6.45, 7) is 0.321. The number of aromatic hydroxyl groups is 2. The van der Waals surface area contributed by atoms with Gasteiger partial charge < -0.3 is 24.8 Å². The van der Waals surface area contributed by atoms with E-state index in [-0.39, 0.29) is 11.5 Å². The maximum atomic E-state index is 10.5. The Bertz CT molecular complexity index is 917. The quantitative estimate of drug-likeness (QED) is 0.242. The predicted molar refractivity (Wildman–Crippen MR) is 137 cm³/mol. The van der Waals surface area contributed by atoms with Gasteiger partial charge >= 0.3 is 0 Å². The van der Waals surface area contributed by atoms with Gasteiger partial charge in [0.05, 0.1) is 7.11 Å². The van der Waals surface area contributed by atoms with E-state index in [1.54, 1.807) is 25.3 Å². The molecule has 1 aliphatic heterocycles. The third-order valence-corrected chi connectivity index (χ3v) is 6.58. The summed E-state index contributed by atoms with van der Waals surface area (Å²) in [4.78, 5) is 0. The molecule has 0 fully saturated rings. The molecule has 2 aromatic rings. The summed E-state index contributed by atoms with van der Waals surface area (Å²) in [6, 6.07) is 10.6. The van der Waals surface area contributed by atoms with E-state index in [1.807, 2.05) is 18.2 Å². The Labute approximate surface area is 204 Å². The van der Waals surface area contributed by atoms with Gasteiger partial charge in [-0.1, -0.05) is 57.8 Å². The molecule has 0 bridgehead atoms. The van der Waals surface area contributed by atoms with Crippen molar-refractivity contribution in [3.63, 3.8) is 0 Å². The SMILES string of the molecule is COc1cc(O)c2c(c1)OC(c1ccc(O)cc1)=C(CCCCCCCCCCCCCO)C2.